The highest BCUT2D eigenvalue weighted by molar-refractivity contribution is 6.00. The molecule has 3 rings (SSSR count). The molecule has 2 atom stereocenters. The van der Waals surface area contributed by atoms with Gasteiger partial charge in [0.1, 0.15) is 18.1 Å². The molecule has 1 aliphatic heterocycles. The lowest BCUT2D eigenvalue weighted by Gasteiger charge is -2.30. The Bertz CT molecular complexity index is 615. The summed E-state index contributed by atoms with van der Waals surface area (Å²) in [6.07, 6.45) is 6.74. The van der Waals surface area contributed by atoms with Gasteiger partial charge in [-0.2, -0.15) is 0 Å². The molecule has 1 heterocycles. The molecule has 0 saturated heterocycles. The van der Waals surface area contributed by atoms with E-state index in [0.717, 1.165) is 12.8 Å². The molecule has 0 saturated carbocycles. The minimum atomic E-state index is -0.844. The number of hydrogen-bond donors (Lipinski definition) is 1. The first-order valence-electron chi connectivity index (χ1n) is 7.10. The van der Waals surface area contributed by atoms with Crippen LogP contribution >= 0.6 is 0 Å². The number of Topliss-reactive ketones (excluding diaryl/α,β-unsaturated/α-hetero) is 1. The number of carbonyl (C=O) groups is 1. The summed E-state index contributed by atoms with van der Waals surface area (Å²) < 4.78 is 10.8. The second-order valence-electron chi connectivity index (χ2n) is 5.27. The molecular weight excluding hydrogens is 268 g/mol. The van der Waals surface area contributed by atoms with Gasteiger partial charge in [-0.3, -0.25) is 4.79 Å². The summed E-state index contributed by atoms with van der Waals surface area (Å²) in [4.78, 5) is 12.5. The molecule has 2 unspecified atom stereocenters. The van der Waals surface area contributed by atoms with Crippen molar-refractivity contribution in [3.8, 4) is 11.5 Å². The SMILES string of the molecule is COc1ccc2c(c1)OCC(C(=O)C1=CCCC=C1)C2O. The van der Waals surface area contributed by atoms with Gasteiger partial charge in [0.05, 0.1) is 19.1 Å². The molecule has 0 bridgehead atoms. The van der Waals surface area contributed by atoms with E-state index in [1.165, 1.54) is 0 Å². The number of hydrogen-bond acceptors (Lipinski definition) is 4. The monoisotopic (exact) mass is 286 g/mol. The summed E-state index contributed by atoms with van der Waals surface area (Å²) >= 11 is 0. The van der Waals surface area contributed by atoms with Crippen LogP contribution in [0.15, 0.2) is 42.0 Å². The lowest BCUT2D eigenvalue weighted by molar-refractivity contribution is -0.124. The molecule has 0 amide bonds. The maximum Gasteiger partial charge on any atom is 0.171 e. The second-order valence-corrected chi connectivity index (χ2v) is 5.27. The average Bonchev–Trinajstić information content (AvgIpc) is 2.55. The lowest BCUT2D eigenvalue weighted by Crippen LogP contribution is -2.33. The minimum absolute atomic E-state index is 0.0556. The van der Waals surface area contributed by atoms with Gasteiger partial charge in [-0.15, -0.1) is 0 Å². The summed E-state index contributed by atoms with van der Waals surface area (Å²) in [5.74, 6) is 0.641. The van der Waals surface area contributed by atoms with Crippen molar-refractivity contribution in [1.29, 1.82) is 0 Å². The summed E-state index contributed by atoms with van der Waals surface area (Å²) in [5, 5.41) is 10.5. The predicted octanol–water partition coefficient (Wildman–Crippen LogP) is 2.58. The van der Waals surface area contributed by atoms with E-state index >= 15 is 0 Å². The number of fused-ring (bicyclic) bond motifs is 1. The molecule has 0 aromatic heterocycles. The normalized spacial score (nSPS) is 23.8. The van der Waals surface area contributed by atoms with Crippen molar-refractivity contribution < 1.29 is 19.4 Å². The number of allylic oxidation sites excluding steroid dienone is 4. The van der Waals surface area contributed by atoms with E-state index in [2.05, 4.69) is 0 Å². The molecular formula is C17H18O4. The topological polar surface area (TPSA) is 55.8 Å². The molecule has 2 aliphatic rings. The maximum absolute atomic E-state index is 12.5. The van der Waals surface area contributed by atoms with Gasteiger partial charge in [0.2, 0.25) is 0 Å². The van der Waals surface area contributed by atoms with Crippen LogP contribution in [-0.4, -0.2) is 24.6 Å². The minimum Gasteiger partial charge on any atom is -0.497 e. The van der Waals surface area contributed by atoms with Crippen LogP contribution in [0.2, 0.25) is 0 Å². The van der Waals surface area contributed by atoms with Crippen LogP contribution in [0.25, 0.3) is 0 Å². The number of ether oxygens (including phenoxy) is 2. The highest BCUT2D eigenvalue weighted by Gasteiger charge is 2.35. The Morgan fingerprint density at radius 3 is 2.95 bits per heavy atom. The van der Waals surface area contributed by atoms with Gasteiger partial charge in [-0.05, 0) is 25.0 Å². The van der Waals surface area contributed by atoms with E-state index in [0.29, 0.717) is 22.6 Å². The highest BCUT2D eigenvalue weighted by atomic mass is 16.5. The second kappa shape index (κ2) is 5.74. The Hall–Kier alpha value is -2.07. The van der Waals surface area contributed by atoms with E-state index in [9.17, 15) is 9.90 Å². The van der Waals surface area contributed by atoms with Crippen LogP contribution in [0.4, 0.5) is 0 Å². The van der Waals surface area contributed by atoms with E-state index in [4.69, 9.17) is 9.47 Å². The van der Waals surface area contributed by atoms with Gasteiger partial charge in [0, 0.05) is 17.2 Å². The van der Waals surface area contributed by atoms with Crippen LogP contribution in [0, 0.1) is 5.92 Å². The van der Waals surface area contributed by atoms with Crippen LogP contribution in [-0.2, 0) is 4.79 Å². The maximum atomic E-state index is 12.5. The Labute approximate surface area is 123 Å². The third-order valence-corrected chi connectivity index (χ3v) is 3.96. The molecule has 1 aliphatic carbocycles. The van der Waals surface area contributed by atoms with Gasteiger partial charge in [0.15, 0.2) is 5.78 Å². The fourth-order valence-corrected chi connectivity index (χ4v) is 2.73. The van der Waals surface area contributed by atoms with Crippen LogP contribution in [0.3, 0.4) is 0 Å². The van der Waals surface area contributed by atoms with Crippen molar-refractivity contribution in [2.45, 2.75) is 18.9 Å². The number of aliphatic hydroxyl groups is 1. The zero-order valence-corrected chi connectivity index (χ0v) is 11.9. The standard InChI is InChI=1S/C17H18O4/c1-20-12-7-8-13-15(9-12)21-10-14(17(13)19)16(18)11-5-3-2-4-6-11/h3,5-9,14,17,19H,2,4,10H2,1H3. The van der Waals surface area contributed by atoms with Gasteiger partial charge in [-0.25, -0.2) is 0 Å². The summed E-state index contributed by atoms with van der Waals surface area (Å²) in [5.41, 5.74) is 1.31. The average molecular weight is 286 g/mol. The fraction of sp³-hybridized carbons (Fsp3) is 0.353. The first-order valence-corrected chi connectivity index (χ1v) is 7.10. The first kappa shape index (κ1) is 13.9. The van der Waals surface area contributed by atoms with Crippen molar-refractivity contribution >= 4 is 5.78 Å². The van der Waals surface area contributed by atoms with Crippen molar-refractivity contribution in [3.05, 3.63) is 47.6 Å². The lowest BCUT2D eigenvalue weighted by atomic mass is 9.85. The van der Waals surface area contributed by atoms with E-state index < -0.39 is 12.0 Å². The van der Waals surface area contributed by atoms with Crippen molar-refractivity contribution in [1.82, 2.24) is 0 Å². The molecule has 4 heteroatoms. The molecule has 110 valence electrons. The Balaban J connectivity index is 1.85. The largest absolute Gasteiger partial charge is 0.497 e. The van der Waals surface area contributed by atoms with Crippen molar-refractivity contribution in [2.75, 3.05) is 13.7 Å². The van der Waals surface area contributed by atoms with Gasteiger partial charge >= 0.3 is 0 Å². The predicted molar refractivity (Wildman–Crippen MR) is 78.4 cm³/mol. The van der Waals surface area contributed by atoms with Gasteiger partial charge < -0.3 is 14.6 Å². The molecule has 1 N–H and O–H groups in total. The molecule has 0 spiro atoms. The highest BCUT2D eigenvalue weighted by Crippen LogP contribution is 2.39. The number of aliphatic hydroxyl groups excluding tert-OH is 1. The van der Waals surface area contributed by atoms with Crippen LogP contribution in [0.1, 0.15) is 24.5 Å². The molecule has 1 aromatic rings. The van der Waals surface area contributed by atoms with Crippen LogP contribution in [0.5, 0.6) is 11.5 Å². The smallest absolute Gasteiger partial charge is 0.171 e. The number of benzene rings is 1. The van der Waals surface area contributed by atoms with Crippen molar-refractivity contribution in [3.63, 3.8) is 0 Å². The first-order chi connectivity index (χ1) is 10.2. The summed E-state index contributed by atoms with van der Waals surface area (Å²) in [6, 6.07) is 5.25. The molecule has 4 nitrogen and oxygen atoms in total. The van der Waals surface area contributed by atoms with Crippen LogP contribution < -0.4 is 9.47 Å². The third-order valence-electron chi connectivity index (χ3n) is 3.96. The fourth-order valence-electron chi connectivity index (χ4n) is 2.73. The summed E-state index contributed by atoms with van der Waals surface area (Å²) in [6.45, 7) is 0.186. The third kappa shape index (κ3) is 2.59. The Kier molecular flexibility index (Phi) is 3.80. The quantitative estimate of drug-likeness (QED) is 0.928. The zero-order valence-electron chi connectivity index (χ0n) is 11.9. The molecule has 1 aromatic carbocycles. The molecule has 0 fully saturated rings. The Morgan fingerprint density at radius 2 is 2.24 bits per heavy atom. The van der Waals surface area contributed by atoms with E-state index in [1.54, 1.807) is 25.3 Å². The van der Waals surface area contributed by atoms with E-state index in [1.807, 2.05) is 18.2 Å². The number of methoxy groups -OCH3 is 1. The number of ketones is 1. The number of rotatable bonds is 3. The Morgan fingerprint density at radius 1 is 1.38 bits per heavy atom. The van der Waals surface area contributed by atoms with Crippen molar-refractivity contribution in [2.24, 2.45) is 5.92 Å². The zero-order chi connectivity index (χ0) is 14.8. The molecule has 21 heavy (non-hydrogen) atoms. The van der Waals surface area contributed by atoms with Gasteiger partial charge in [0.25, 0.3) is 0 Å². The molecule has 0 radical (unpaired) electrons. The van der Waals surface area contributed by atoms with Gasteiger partial charge in [-0.1, -0.05) is 18.2 Å². The number of carbonyl (C=O) groups excluding carboxylic acids is 1. The van der Waals surface area contributed by atoms with E-state index in [-0.39, 0.29) is 12.4 Å². The summed E-state index contributed by atoms with van der Waals surface area (Å²) in [7, 11) is 1.58.